The number of para-hydroxylation sites is 1. The van der Waals surface area contributed by atoms with Crippen LogP contribution in [0.2, 0.25) is 0 Å². The molecule has 1 atom stereocenters. The number of ether oxygens (including phenoxy) is 1. The number of hydrogen-bond acceptors (Lipinski definition) is 6. The number of aryl methyl sites for hydroxylation is 2. The van der Waals surface area contributed by atoms with Gasteiger partial charge in [-0.25, -0.2) is 0 Å². The van der Waals surface area contributed by atoms with E-state index in [1.54, 1.807) is 28.8 Å². The molecule has 0 bridgehead atoms. The van der Waals surface area contributed by atoms with Crippen molar-refractivity contribution in [1.29, 1.82) is 0 Å². The number of carbonyl (C=O) groups is 1. The molecule has 176 valence electrons. The van der Waals surface area contributed by atoms with Crippen molar-refractivity contribution in [3.05, 3.63) is 104 Å². The van der Waals surface area contributed by atoms with Crippen LogP contribution in [-0.2, 0) is 17.8 Å². The first kappa shape index (κ1) is 20.7. The summed E-state index contributed by atoms with van der Waals surface area (Å²) in [6.45, 7) is 0.590. The van der Waals surface area contributed by atoms with Crippen molar-refractivity contribution in [1.82, 2.24) is 4.57 Å². The van der Waals surface area contributed by atoms with Gasteiger partial charge in [-0.1, -0.05) is 30.3 Å². The zero-order valence-electron chi connectivity index (χ0n) is 19.0. The molecule has 0 radical (unpaired) electrons. The molecule has 0 amide bonds. The van der Waals surface area contributed by atoms with Crippen LogP contribution in [0.4, 0.5) is 0 Å². The zero-order chi connectivity index (χ0) is 24.6. The van der Waals surface area contributed by atoms with Crippen LogP contribution in [0.25, 0.3) is 33.0 Å². The summed E-state index contributed by atoms with van der Waals surface area (Å²) in [7, 11) is 0. The fourth-order valence-corrected chi connectivity index (χ4v) is 5.60. The summed E-state index contributed by atoms with van der Waals surface area (Å²) in [5.41, 5.74) is 3.95. The first-order valence-corrected chi connectivity index (χ1v) is 11.7. The lowest BCUT2D eigenvalue weighted by molar-refractivity contribution is -0.135. The van der Waals surface area contributed by atoms with Crippen LogP contribution in [0.1, 0.15) is 29.0 Å². The predicted molar refractivity (Wildman–Crippen MR) is 134 cm³/mol. The number of phenolic OH excluding ortho intramolecular Hbond substituents is 1. The third kappa shape index (κ3) is 2.89. The highest BCUT2D eigenvalue weighted by Crippen LogP contribution is 2.43. The van der Waals surface area contributed by atoms with Gasteiger partial charge >= 0.3 is 5.97 Å². The molecule has 2 aliphatic rings. The molecule has 4 heterocycles. The van der Waals surface area contributed by atoms with Gasteiger partial charge in [-0.15, -0.1) is 0 Å². The summed E-state index contributed by atoms with van der Waals surface area (Å²) < 4.78 is 13.3. The maximum Gasteiger partial charge on any atom is 0.312 e. The molecule has 2 aliphatic heterocycles. The van der Waals surface area contributed by atoms with Crippen molar-refractivity contribution < 1.29 is 19.1 Å². The number of esters is 1. The van der Waals surface area contributed by atoms with Gasteiger partial charge in [-0.05, 0) is 53.3 Å². The second-order valence-electron chi connectivity index (χ2n) is 9.27. The highest BCUT2D eigenvalue weighted by Gasteiger charge is 2.35. The Labute approximate surface area is 203 Å². The highest BCUT2D eigenvalue weighted by molar-refractivity contribution is 5.91. The van der Waals surface area contributed by atoms with Crippen molar-refractivity contribution in [3.8, 4) is 22.6 Å². The molecule has 5 aromatic rings. The van der Waals surface area contributed by atoms with Gasteiger partial charge in [0.1, 0.15) is 23.3 Å². The van der Waals surface area contributed by atoms with E-state index < -0.39 is 11.9 Å². The summed E-state index contributed by atoms with van der Waals surface area (Å²) in [4.78, 5) is 39.7. The number of benzene rings is 3. The Morgan fingerprint density at radius 3 is 2.64 bits per heavy atom. The minimum atomic E-state index is -0.613. The van der Waals surface area contributed by atoms with E-state index in [0.29, 0.717) is 45.5 Å². The molecule has 0 saturated heterocycles. The van der Waals surface area contributed by atoms with Gasteiger partial charge < -0.3 is 18.8 Å². The van der Waals surface area contributed by atoms with Crippen molar-refractivity contribution in [3.63, 3.8) is 0 Å². The van der Waals surface area contributed by atoms with Crippen molar-refractivity contribution in [2.75, 3.05) is 0 Å². The highest BCUT2D eigenvalue weighted by atomic mass is 16.5. The number of aromatic nitrogens is 1. The maximum absolute atomic E-state index is 13.6. The quantitative estimate of drug-likeness (QED) is 0.297. The smallest absolute Gasteiger partial charge is 0.312 e. The number of hydrogen-bond donors (Lipinski definition) is 1. The van der Waals surface area contributed by atoms with E-state index in [0.717, 1.165) is 22.9 Å². The van der Waals surface area contributed by atoms with Crippen molar-refractivity contribution in [2.24, 2.45) is 0 Å². The number of aromatic hydroxyl groups is 1. The zero-order valence-corrected chi connectivity index (χ0v) is 19.0. The summed E-state index contributed by atoms with van der Waals surface area (Å²) in [6, 6.07) is 17.3. The lowest BCUT2D eigenvalue weighted by Crippen LogP contribution is -2.29. The molecule has 0 unspecified atom stereocenters. The Kier molecular flexibility index (Phi) is 4.27. The van der Waals surface area contributed by atoms with E-state index in [-0.39, 0.29) is 23.2 Å². The summed E-state index contributed by atoms with van der Waals surface area (Å²) in [6.07, 6.45) is 2.14. The van der Waals surface area contributed by atoms with Crippen LogP contribution >= 0.6 is 0 Å². The average Bonchev–Trinajstić information content (AvgIpc) is 3.32. The molecule has 0 aliphatic carbocycles. The molecule has 0 spiro atoms. The van der Waals surface area contributed by atoms with E-state index in [9.17, 15) is 19.5 Å². The predicted octanol–water partition coefficient (Wildman–Crippen LogP) is 4.48. The Morgan fingerprint density at radius 2 is 1.81 bits per heavy atom. The molecule has 7 heteroatoms. The van der Waals surface area contributed by atoms with Gasteiger partial charge in [-0.2, -0.15) is 0 Å². The fourth-order valence-electron chi connectivity index (χ4n) is 5.60. The number of pyridine rings is 1. The number of nitrogens with zero attached hydrogens (tertiary/aromatic N) is 1. The standard InChI is InChI=1S/C29H19NO6/c31-18-6-4-15(5-7-18)22-14-35-28-19(27(22)33)8-9-23-25(28)20(13-24(32)36-23)21-12-17-3-1-2-16-10-11-30(26(16)17)29(21)34/h1-9,12,14,20,31H,10-11,13H2/t20-/m0/s1. The van der Waals surface area contributed by atoms with Gasteiger partial charge in [0.15, 0.2) is 0 Å². The first-order valence-electron chi connectivity index (χ1n) is 11.7. The second-order valence-corrected chi connectivity index (χ2v) is 9.27. The first-order chi connectivity index (χ1) is 17.5. The number of rotatable bonds is 2. The maximum atomic E-state index is 13.6. The SMILES string of the molecule is O=C1C[C@@H](c2cc3cccc4c3n(c2=O)CC4)c2c(ccc3c(=O)c(-c4ccc(O)cc4)coc23)O1. The van der Waals surface area contributed by atoms with Crippen LogP contribution in [0, 0.1) is 0 Å². The molecule has 7 nitrogen and oxygen atoms in total. The normalized spacial score (nSPS) is 16.3. The third-order valence-corrected chi connectivity index (χ3v) is 7.27. The van der Waals surface area contributed by atoms with Crippen LogP contribution < -0.4 is 15.7 Å². The van der Waals surface area contributed by atoms with Crippen LogP contribution in [0.3, 0.4) is 0 Å². The molecule has 0 fully saturated rings. The lowest BCUT2D eigenvalue weighted by Gasteiger charge is -2.25. The topological polar surface area (TPSA) is 98.7 Å². The van der Waals surface area contributed by atoms with Gasteiger partial charge in [0.25, 0.3) is 5.56 Å². The lowest BCUT2D eigenvalue weighted by atomic mass is 9.85. The minimum Gasteiger partial charge on any atom is -0.508 e. The van der Waals surface area contributed by atoms with Crippen LogP contribution in [0.15, 0.2) is 80.9 Å². The third-order valence-electron chi connectivity index (χ3n) is 7.27. The Bertz CT molecular complexity index is 1860. The van der Waals surface area contributed by atoms with Gasteiger partial charge in [0.2, 0.25) is 5.43 Å². The minimum absolute atomic E-state index is 0.0318. The fraction of sp³-hybridized carbons (Fsp3) is 0.138. The largest absolute Gasteiger partial charge is 0.508 e. The number of carbonyl (C=O) groups excluding carboxylic acids is 1. The Hall–Kier alpha value is -4.65. The number of fused-ring (bicyclic) bond motifs is 3. The van der Waals surface area contributed by atoms with E-state index >= 15 is 0 Å². The van der Waals surface area contributed by atoms with E-state index in [4.69, 9.17) is 9.15 Å². The monoisotopic (exact) mass is 477 g/mol. The summed E-state index contributed by atoms with van der Waals surface area (Å²) >= 11 is 0. The molecule has 0 saturated carbocycles. The average molecular weight is 477 g/mol. The van der Waals surface area contributed by atoms with Gasteiger partial charge in [-0.3, -0.25) is 14.4 Å². The van der Waals surface area contributed by atoms with E-state index in [1.807, 2.05) is 24.3 Å². The van der Waals surface area contributed by atoms with Crippen LogP contribution in [-0.4, -0.2) is 15.6 Å². The molecule has 36 heavy (non-hydrogen) atoms. The second kappa shape index (κ2) is 7.42. The summed E-state index contributed by atoms with van der Waals surface area (Å²) in [5.74, 6) is -0.666. The molecule has 7 rings (SSSR count). The molecule has 1 N–H and O–H groups in total. The molecule has 2 aromatic heterocycles. The van der Waals surface area contributed by atoms with Crippen molar-refractivity contribution in [2.45, 2.75) is 25.3 Å². The number of phenols is 1. The van der Waals surface area contributed by atoms with E-state index in [1.165, 1.54) is 18.4 Å². The molecular weight excluding hydrogens is 458 g/mol. The Morgan fingerprint density at radius 1 is 0.972 bits per heavy atom. The van der Waals surface area contributed by atoms with Crippen molar-refractivity contribution >= 4 is 27.8 Å². The molecule has 3 aromatic carbocycles. The van der Waals surface area contributed by atoms with Gasteiger partial charge in [0, 0.05) is 23.6 Å². The van der Waals surface area contributed by atoms with E-state index in [2.05, 4.69) is 0 Å². The molecular formula is C29H19NO6. The van der Waals surface area contributed by atoms with Crippen LogP contribution in [0.5, 0.6) is 11.5 Å². The Balaban J connectivity index is 1.48. The summed E-state index contributed by atoms with van der Waals surface area (Å²) in [5, 5.41) is 10.9. The van der Waals surface area contributed by atoms with Gasteiger partial charge in [0.05, 0.1) is 22.9 Å².